The lowest BCUT2D eigenvalue weighted by Crippen LogP contribution is -2.35. The average Bonchev–Trinajstić information content (AvgIpc) is 3.18. The molecule has 1 unspecified atom stereocenters. The van der Waals surface area contributed by atoms with Crippen LogP contribution in [0.5, 0.6) is 0 Å². The van der Waals surface area contributed by atoms with Gasteiger partial charge in [0.05, 0.1) is 11.4 Å². The first-order valence-corrected chi connectivity index (χ1v) is 9.09. The lowest BCUT2D eigenvalue weighted by molar-refractivity contribution is -0.131. The van der Waals surface area contributed by atoms with E-state index in [1.165, 1.54) is 0 Å². The Kier molecular flexibility index (Phi) is 5.53. The largest absolute Gasteiger partial charge is 0.382 e. The Morgan fingerprint density at radius 1 is 1.40 bits per heavy atom. The van der Waals surface area contributed by atoms with Gasteiger partial charge in [-0.2, -0.15) is 5.10 Å². The molecule has 0 fully saturated rings. The van der Waals surface area contributed by atoms with Crippen LogP contribution in [0.4, 0.5) is 0 Å². The van der Waals surface area contributed by atoms with E-state index >= 15 is 0 Å². The fraction of sp³-hybridized carbons (Fsp3) is 0.389. The fourth-order valence-electron chi connectivity index (χ4n) is 2.81. The van der Waals surface area contributed by atoms with Crippen LogP contribution in [0.25, 0.3) is 0 Å². The average molecular weight is 405 g/mol. The van der Waals surface area contributed by atoms with Crippen molar-refractivity contribution in [2.75, 3.05) is 6.54 Å². The Morgan fingerprint density at radius 2 is 2.24 bits per heavy atom. The molecule has 0 spiro atoms. The minimum atomic E-state index is -0.553. The highest BCUT2D eigenvalue weighted by Crippen LogP contribution is 2.19. The molecule has 1 amide bonds. The quantitative estimate of drug-likeness (QED) is 0.752. The number of halogens is 1. The highest BCUT2D eigenvalue weighted by Gasteiger charge is 2.28. The molecule has 0 aliphatic carbocycles. The molecule has 1 atom stereocenters. The molecule has 2 aromatic rings. The van der Waals surface area contributed by atoms with E-state index in [0.717, 1.165) is 40.1 Å². The molecule has 3 rings (SSSR count). The fourth-order valence-corrected chi connectivity index (χ4v) is 3.21. The summed E-state index contributed by atoms with van der Waals surface area (Å²) < 4.78 is 2.94. The number of nitrogens with one attached hydrogen (secondary N) is 1. The van der Waals surface area contributed by atoms with Gasteiger partial charge in [-0.1, -0.05) is 33.2 Å². The molecule has 1 aliphatic rings. The molecule has 1 aromatic carbocycles. The first-order chi connectivity index (χ1) is 12.0. The summed E-state index contributed by atoms with van der Waals surface area (Å²) in [6.07, 6.45) is 0.752. The summed E-state index contributed by atoms with van der Waals surface area (Å²) in [5.74, 6) is -0.123. The Balaban J connectivity index is 1.43. The number of carbonyl (C=O) groups excluding carboxylic acids is 1. The molecule has 0 radical (unpaired) electrons. The number of amides is 1. The zero-order chi connectivity index (χ0) is 17.8. The van der Waals surface area contributed by atoms with E-state index in [2.05, 4.69) is 31.5 Å². The Labute approximate surface area is 155 Å². The van der Waals surface area contributed by atoms with Gasteiger partial charge < -0.3 is 10.2 Å². The van der Waals surface area contributed by atoms with Gasteiger partial charge in [-0.3, -0.25) is 9.48 Å². The van der Waals surface area contributed by atoms with E-state index in [4.69, 9.17) is 4.84 Å². The van der Waals surface area contributed by atoms with Gasteiger partial charge in [0, 0.05) is 35.2 Å². The maximum atomic E-state index is 12.2. The van der Waals surface area contributed by atoms with Crippen molar-refractivity contribution in [1.82, 2.24) is 15.1 Å². The molecule has 0 saturated carbocycles. The van der Waals surface area contributed by atoms with Gasteiger partial charge in [0.2, 0.25) is 6.10 Å². The summed E-state index contributed by atoms with van der Waals surface area (Å²) in [6, 6.07) is 9.87. The maximum Gasteiger partial charge on any atom is 0.264 e. The second kappa shape index (κ2) is 7.82. The van der Waals surface area contributed by atoms with Gasteiger partial charge in [-0.25, -0.2) is 0 Å². The van der Waals surface area contributed by atoms with Crippen LogP contribution in [0.2, 0.25) is 0 Å². The smallest absolute Gasteiger partial charge is 0.264 e. The molecule has 1 aromatic heterocycles. The zero-order valence-corrected chi connectivity index (χ0v) is 15.9. The van der Waals surface area contributed by atoms with Crippen molar-refractivity contribution in [3.63, 3.8) is 0 Å². The molecular weight excluding hydrogens is 384 g/mol. The predicted molar refractivity (Wildman–Crippen MR) is 99.5 cm³/mol. The van der Waals surface area contributed by atoms with Gasteiger partial charge in [-0.15, -0.1) is 0 Å². The number of aryl methyl sites for hydroxylation is 3. The van der Waals surface area contributed by atoms with E-state index < -0.39 is 6.10 Å². The van der Waals surface area contributed by atoms with Crippen molar-refractivity contribution < 1.29 is 9.63 Å². The summed E-state index contributed by atoms with van der Waals surface area (Å²) in [5, 5.41) is 11.4. The molecule has 2 heterocycles. The van der Waals surface area contributed by atoms with Gasteiger partial charge in [-0.05, 0) is 38.5 Å². The van der Waals surface area contributed by atoms with E-state index in [1.54, 1.807) is 0 Å². The summed E-state index contributed by atoms with van der Waals surface area (Å²) in [5.41, 5.74) is 3.91. The van der Waals surface area contributed by atoms with E-state index in [0.29, 0.717) is 13.0 Å². The predicted octanol–water partition coefficient (Wildman–Crippen LogP) is 2.96. The minimum absolute atomic E-state index is 0.123. The summed E-state index contributed by atoms with van der Waals surface area (Å²) in [6.45, 7) is 5.38. The SMILES string of the molecule is Cc1cc(C)n(CCCNC(=O)C2CC(c3cccc(Br)c3)=NO2)n1. The van der Waals surface area contributed by atoms with Crippen molar-refractivity contribution in [1.29, 1.82) is 0 Å². The van der Waals surface area contributed by atoms with Gasteiger partial charge >= 0.3 is 0 Å². The van der Waals surface area contributed by atoms with Crippen LogP contribution in [0, 0.1) is 13.8 Å². The van der Waals surface area contributed by atoms with Crippen molar-refractivity contribution in [3.8, 4) is 0 Å². The van der Waals surface area contributed by atoms with Crippen LogP contribution < -0.4 is 5.32 Å². The Morgan fingerprint density at radius 3 is 2.96 bits per heavy atom. The highest BCUT2D eigenvalue weighted by molar-refractivity contribution is 9.10. The molecule has 1 aliphatic heterocycles. The third kappa shape index (κ3) is 4.48. The van der Waals surface area contributed by atoms with Crippen molar-refractivity contribution >= 4 is 27.5 Å². The first-order valence-electron chi connectivity index (χ1n) is 8.30. The normalized spacial score (nSPS) is 16.4. The van der Waals surface area contributed by atoms with Gasteiger partial charge in [0.25, 0.3) is 5.91 Å². The van der Waals surface area contributed by atoms with Crippen molar-refractivity contribution in [2.24, 2.45) is 5.16 Å². The number of hydrogen-bond donors (Lipinski definition) is 1. The van der Waals surface area contributed by atoms with Gasteiger partial charge in [0.1, 0.15) is 0 Å². The minimum Gasteiger partial charge on any atom is -0.382 e. The van der Waals surface area contributed by atoms with Crippen LogP contribution in [-0.2, 0) is 16.2 Å². The third-order valence-corrected chi connectivity index (χ3v) is 4.56. The molecule has 0 saturated heterocycles. The standard InChI is InChI=1S/C18H21BrN4O2/c1-12-9-13(2)23(21-12)8-4-7-20-18(24)17-11-16(22-25-17)14-5-3-6-15(19)10-14/h3,5-6,9-10,17H,4,7-8,11H2,1-2H3,(H,20,24). The summed E-state index contributed by atoms with van der Waals surface area (Å²) in [4.78, 5) is 17.5. The molecule has 1 N–H and O–H groups in total. The van der Waals surface area contributed by atoms with E-state index in [-0.39, 0.29) is 5.91 Å². The van der Waals surface area contributed by atoms with Crippen LogP contribution >= 0.6 is 15.9 Å². The molecular formula is C18H21BrN4O2. The lowest BCUT2D eigenvalue weighted by Gasteiger charge is -2.10. The van der Waals surface area contributed by atoms with E-state index in [9.17, 15) is 4.79 Å². The second-order valence-electron chi connectivity index (χ2n) is 6.14. The number of nitrogens with zero attached hydrogens (tertiary/aromatic N) is 3. The van der Waals surface area contributed by atoms with Crippen LogP contribution in [0.3, 0.4) is 0 Å². The summed E-state index contributed by atoms with van der Waals surface area (Å²) in [7, 11) is 0. The van der Waals surface area contributed by atoms with E-state index in [1.807, 2.05) is 48.9 Å². The summed E-state index contributed by atoms with van der Waals surface area (Å²) >= 11 is 3.44. The second-order valence-corrected chi connectivity index (χ2v) is 7.06. The molecule has 0 bridgehead atoms. The maximum absolute atomic E-state index is 12.2. The van der Waals surface area contributed by atoms with Crippen LogP contribution in [0.1, 0.15) is 29.8 Å². The zero-order valence-electron chi connectivity index (χ0n) is 14.3. The van der Waals surface area contributed by atoms with Crippen LogP contribution in [-0.4, -0.2) is 34.0 Å². The Bertz CT molecular complexity index is 800. The molecule has 6 nitrogen and oxygen atoms in total. The van der Waals surface area contributed by atoms with Crippen molar-refractivity contribution in [3.05, 3.63) is 51.8 Å². The van der Waals surface area contributed by atoms with Crippen LogP contribution in [0.15, 0.2) is 40.0 Å². The molecule has 25 heavy (non-hydrogen) atoms. The topological polar surface area (TPSA) is 68.5 Å². The third-order valence-electron chi connectivity index (χ3n) is 4.07. The van der Waals surface area contributed by atoms with Gasteiger partial charge in [0.15, 0.2) is 0 Å². The number of carbonyl (C=O) groups is 1. The lowest BCUT2D eigenvalue weighted by atomic mass is 10.0. The number of oxime groups is 1. The van der Waals surface area contributed by atoms with Crippen molar-refractivity contribution in [2.45, 2.75) is 39.3 Å². The molecule has 7 heteroatoms. The number of hydrogen-bond acceptors (Lipinski definition) is 4. The number of aromatic nitrogens is 2. The molecule has 132 valence electrons. The highest BCUT2D eigenvalue weighted by atomic mass is 79.9. The first kappa shape index (κ1) is 17.7. The number of rotatable bonds is 6. The monoisotopic (exact) mass is 404 g/mol. The Hall–Kier alpha value is -2.15. The number of benzene rings is 1.